The molecule has 0 aromatic heterocycles. The van der Waals surface area contributed by atoms with Crippen molar-refractivity contribution >= 4 is 15.9 Å². The molecule has 2 rings (SSSR count). The Kier molecular flexibility index (Phi) is 3.05. The Balaban J connectivity index is 1.65. The van der Waals surface area contributed by atoms with Gasteiger partial charge in [0.05, 0.1) is 6.10 Å². The molecular formula is C9H16BrNO. The highest BCUT2D eigenvalue weighted by Crippen LogP contribution is 2.30. The largest absolute Gasteiger partial charge is 0.296 e. The molecule has 0 atom stereocenters. The highest BCUT2D eigenvalue weighted by Gasteiger charge is 2.29. The lowest BCUT2D eigenvalue weighted by Crippen LogP contribution is -2.40. The molecule has 0 unspecified atom stereocenters. The van der Waals surface area contributed by atoms with Gasteiger partial charge in [0.2, 0.25) is 0 Å². The zero-order valence-electron chi connectivity index (χ0n) is 7.34. The summed E-state index contributed by atoms with van der Waals surface area (Å²) < 4.78 is 0. The van der Waals surface area contributed by atoms with Crippen molar-refractivity contribution in [1.29, 1.82) is 0 Å². The zero-order chi connectivity index (χ0) is 8.39. The Morgan fingerprint density at radius 2 is 1.75 bits per heavy atom. The van der Waals surface area contributed by atoms with E-state index in [0.29, 0.717) is 10.9 Å². The first-order valence-corrected chi connectivity index (χ1v) is 5.82. The Morgan fingerprint density at radius 1 is 1.08 bits per heavy atom. The van der Waals surface area contributed by atoms with E-state index >= 15 is 0 Å². The van der Waals surface area contributed by atoms with Gasteiger partial charge in [-0.25, -0.2) is 0 Å². The van der Waals surface area contributed by atoms with E-state index in [1.165, 1.54) is 32.1 Å². The predicted octanol–water partition coefficient (Wildman–Crippen LogP) is 2.33. The van der Waals surface area contributed by atoms with E-state index in [4.69, 9.17) is 4.84 Å². The molecule has 1 saturated carbocycles. The van der Waals surface area contributed by atoms with Crippen molar-refractivity contribution in [2.24, 2.45) is 0 Å². The lowest BCUT2D eigenvalue weighted by molar-refractivity contribution is -0.221. The van der Waals surface area contributed by atoms with Crippen molar-refractivity contribution in [3.63, 3.8) is 0 Å². The number of hydrogen-bond acceptors (Lipinski definition) is 2. The van der Waals surface area contributed by atoms with Gasteiger partial charge in [0.15, 0.2) is 0 Å². The minimum Gasteiger partial charge on any atom is -0.296 e. The van der Waals surface area contributed by atoms with E-state index in [1.807, 2.05) is 0 Å². The Morgan fingerprint density at radius 3 is 2.33 bits per heavy atom. The summed E-state index contributed by atoms with van der Waals surface area (Å²) in [5.74, 6) is 0. The second-order valence-corrected chi connectivity index (χ2v) is 5.08. The molecule has 0 N–H and O–H groups in total. The molecule has 1 heterocycles. The van der Waals surface area contributed by atoms with Crippen LogP contribution in [-0.4, -0.2) is 29.1 Å². The molecule has 1 aliphatic heterocycles. The maximum atomic E-state index is 5.80. The molecule has 0 aromatic rings. The summed E-state index contributed by atoms with van der Waals surface area (Å²) in [6.45, 7) is 2.28. The fraction of sp³-hybridized carbons (Fsp3) is 1.00. The van der Waals surface area contributed by atoms with Crippen molar-refractivity contribution in [2.45, 2.75) is 43.0 Å². The maximum Gasteiger partial charge on any atom is 0.0814 e. The summed E-state index contributed by atoms with van der Waals surface area (Å²) in [6.07, 6.45) is 6.89. The van der Waals surface area contributed by atoms with Crippen molar-refractivity contribution in [3.05, 3.63) is 0 Å². The van der Waals surface area contributed by atoms with Gasteiger partial charge in [0.25, 0.3) is 0 Å². The minimum atomic E-state index is 0.507. The van der Waals surface area contributed by atoms with Gasteiger partial charge in [0.1, 0.15) is 0 Å². The first-order chi connectivity index (χ1) is 5.84. The number of hydrogen-bond donors (Lipinski definition) is 0. The molecule has 2 aliphatic rings. The number of halogens is 1. The average Bonchev–Trinajstić information content (AvgIpc) is 2.04. The van der Waals surface area contributed by atoms with Crippen LogP contribution in [0.25, 0.3) is 0 Å². The Hall–Kier alpha value is 0.400. The third-order valence-corrected chi connectivity index (χ3v) is 3.40. The molecule has 2 fully saturated rings. The highest BCUT2D eigenvalue weighted by atomic mass is 79.9. The summed E-state index contributed by atoms with van der Waals surface area (Å²) in [4.78, 5) is 6.52. The lowest BCUT2D eigenvalue weighted by atomic mass is 9.96. The molecule has 1 aliphatic carbocycles. The average molecular weight is 234 g/mol. The predicted molar refractivity (Wildman–Crippen MR) is 52.2 cm³/mol. The summed E-state index contributed by atoms with van der Waals surface area (Å²) in [5, 5.41) is 2.16. The SMILES string of the molecule is BrC1CC(ON2CCCCC2)C1. The van der Waals surface area contributed by atoms with E-state index in [2.05, 4.69) is 21.0 Å². The van der Waals surface area contributed by atoms with Crippen LogP contribution in [0.1, 0.15) is 32.1 Å². The van der Waals surface area contributed by atoms with E-state index in [0.717, 1.165) is 13.1 Å². The van der Waals surface area contributed by atoms with Gasteiger partial charge in [-0.2, -0.15) is 5.06 Å². The Bertz CT molecular complexity index is 141. The molecule has 0 radical (unpaired) electrons. The van der Waals surface area contributed by atoms with E-state index in [9.17, 15) is 0 Å². The first kappa shape index (κ1) is 8.97. The molecule has 70 valence electrons. The van der Waals surface area contributed by atoms with Crippen LogP contribution in [0, 0.1) is 0 Å². The van der Waals surface area contributed by atoms with E-state index in [-0.39, 0.29) is 0 Å². The third-order valence-electron chi connectivity index (χ3n) is 2.65. The van der Waals surface area contributed by atoms with E-state index < -0.39 is 0 Å². The second kappa shape index (κ2) is 4.07. The first-order valence-electron chi connectivity index (χ1n) is 4.90. The molecule has 3 heteroatoms. The van der Waals surface area contributed by atoms with Crippen LogP contribution >= 0.6 is 15.9 Å². The van der Waals surface area contributed by atoms with Gasteiger partial charge < -0.3 is 0 Å². The van der Waals surface area contributed by atoms with Crippen molar-refractivity contribution in [2.75, 3.05) is 13.1 Å². The Labute approximate surface area is 82.3 Å². The molecule has 2 nitrogen and oxygen atoms in total. The molecule has 0 amide bonds. The maximum absolute atomic E-state index is 5.80. The summed E-state index contributed by atoms with van der Waals surface area (Å²) >= 11 is 3.57. The minimum absolute atomic E-state index is 0.507. The van der Waals surface area contributed by atoms with Crippen LogP contribution in [0.2, 0.25) is 0 Å². The molecular weight excluding hydrogens is 218 g/mol. The summed E-state index contributed by atoms with van der Waals surface area (Å²) in [7, 11) is 0. The molecule has 0 spiro atoms. The van der Waals surface area contributed by atoms with Gasteiger partial charge in [-0.05, 0) is 25.7 Å². The number of rotatable bonds is 2. The highest BCUT2D eigenvalue weighted by molar-refractivity contribution is 9.09. The fourth-order valence-corrected chi connectivity index (χ4v) is 2.60. The topological polar surface area (TPSA) is 12.5 Å². The molecule has 1 saturated heterocycles. The van der Waals surface area contributed by atoms with Gasteiger partial charge in [-0.1, -0.05) is 22.4 Å². The van der Waals surface area contributed by atoms with Crippen LogP contribution in [-0.2, 0) is 4.84 Å². The number of nitrogens with zero attached hydrogens (tertiary/aromatic N) is 1. The van der Waals surface area contributed by atoms with Crippen LogP contribution in [0.5, 0.6) is 0 Å². The quantitative estimate of drug-likeness (QED) is 0.680. The third kappa shape index (κ3) is 2.21. The normalized spacial score (nSPS) is 37.8. The molecule has 12 heavy (non-hydrogen) atoms. The van der Waals surface area contributed by atoms with Gasteiger partial charge in [-0.15, -0.1) is 0 Å². The van der Waals surface area contributed by atoms with Crippen LogP contribution in [0.15, 0.2) is 0 Å². The summed E-state index contributed by atoms with van der Waals surface area (Å²) in [6, 6.07) is 0. The standard InChI is InChI=1S/C9H16BrNO/c10-8-6-9(7-8)12-11-4-2-1-3-5-11/h8-9H,1-7H2. The number of hydroxylamine groups is 2. The fourth-order valence-electron chi connectivity index (χ4n) is 1.77. The van der Waals surface area contributed by atoms with Crippen molar-refractivity contribution in [3.8, 4) is 0 Å². The number of piperidine rings is 1. The lowest BCUT2D eigenvalue weighted by Gasteiger charge is -2.36. The monoisotopic (exact) mass is 233 g/mol. The zero-order valence-corrected chi connectivity index (χ0v) is 8.92. The number of alkyl halides is 1. The van der Waals surface area contributed by atoms with Crippen LogP contribution < -0.4 is 0 Å². The summed E-state index contributed by atoms with van der Waals surface area (Å²) in [5.41, 5.74) is 0. The van der Waals surface area contributed by atoms with Gasteiger partial charge in [-0.3, -0.25) is 4.84 Å². The van der Waals surface area contributed by atoms with Gasteiger partial charge in [0, 0.05) is 17.9 Å². The van der Waals surface area contributed by atoms with Crippen LogP contribution in [0.4, 0.5) is 0 Å². The van der Waals surface area contributed by atoms with Gasteiger partial charge >= 0.3 is 0 Å². The molecule has 0 aromatic carbocycles. The molecule has 0 bridgehead atoms. The smallest absolute Gasteiger partial charge is 0.0814 e. The van der Waals surface area contributed by atoms with Crippen molar-refractivity contribution < 1.29 is 4.84 Å². The van der Waals surface area contributed by atoms with E-state index in [1.54, 1.807) is 0 Å². The van der Waals surface area contributed by atoms with Crippen molar-refractivity contribution in [1.82, 2.24) is 5.06 Å². The van der Waals surface area contributed by atoms with Crippen LogP contribution in [0.3, 0.4) is 0 Å². The second-order valence-electron chi connectivity index (χ2n) is 3.79.